The molecule has 2 fully saturated rings. The van der Waals surface area contributed by atoms with Gasteiger partial charge in [-0.05, 0) is 20.8 Å². The number of fused-ring (bicyclic) bond motifs is 1. The van der Waals surface area contributed by atoms with Crippen LogP contribution in [0.4, 0.5) is 0 Å². The molecule has 0 bridgehead atoms. The predicted octanol–water partition coefficient (Wildman–Crippen LogP) is 1.88. The van der Waals surface area contributed by atoms with Crippen LogP contribution >= 0.6 is 11.8 Å². The molecule has 1 unspecified atom stereocenters. The molecular weight excluding hydrogens is 340 g/mol. The lowest BCUT2D eigenvalue weighted by Gasteiger charge is -2.44. The third-order valence-electron chi connectivity index (χ3n) is 4.46. The van der Waals surface area contributed by atoms with Crippen LogP contribution in [0.15, 0.2) is 42.1 Å². The fourth-order valence-electron chi connectivity index (χ4n) is 3.31. The third kappa shape index (κ3) is 3.04. The zero-order valence-corrected chi connectivity index (χ0v) is 15.0. The van der Waals surface area contributed by atoms with E-state index in [1.807, 2.05) is 19.9 Å². The van der Waals surface area contributed by atoms with Gasteiger partial charge >= 0.3 is 5.97 Å². The minimum atomic E-state index is -0.988. The predicted molar refractivity (Wildman–Crippen MR) is 95.2 cm³/mol. The maximum Gasteiger partial charge on any atom is 0.327 e. The highest BCUT2D eigenvalue weighted by Gasteiger charge is 2.63. The number of carboxylic acids is 1. The Hall–Kier alpha value is -2.28. The van der Waals surface area contributed by atoms with Gasteiger partial charge in [-0.3, -0.25) is 9.59 Å². The molecule has 0 aromatic heterocycles. The molecule has 1 aromatic rings. The first kappa shape index (κ1) is 17.5. The van der Waals surface area contributed by atoms with Gasteiger partial charge in [-0.25, -0.2) is 4.79 Å². The molecule has 1 aromatic carbocycles. The summed E-state index contributed by atoms with van der Waals surface area (Å²) in [4.78, 5) is 37.5. The molecule has 0 spiro atoms. The summed E-state index contributed by atoms with van der Waals surface area (Å²) in [5.74, 6) is -1.37. The molecule has 3 rings (SSSR count). The average Bonchev–Trinajstić information content (AvgIpc) is 2.81. The minimum absolute atomic E-state index is 0.142. The van der Waals surface area contributed by atoms with E-state index < -0.39 is 22.8 Å². The van der Waals surface area contributed by atoms with Gasteiger partial charge in [-0.1, -0.05) is 30.3 Å². The van der Waals surface area contributed by atoms with Crippen molar-refractivity contribution in [1.82, 2.24) is 10.2 Å². The van der Waals surface area contributed by atoms with E-state index in [4.69, 9.17) is 0 Å². The SMILES string of the molecule is C/C(=C\C(=O)c1ccccc1)NC1C(=O)N2[C@@H]1SC(C)(C)[C@@H]2C(=O)O. The van der Waals surface area contributed by atoms with Crippen molar-refractivity contribution in [3.05, 3.63) is 47.7 Å². The summed E-state index contributed by atoms with van der Waals surface area (Å²) in [6.07, 6.45) is 1.46. The van der Waals surface area contributed by atoms with Gasteiger partial charge in [0, 0.05) is 22.1 Å². The fourth-order valence-corrected chi connectivity index (χ4v) is 4.94. The molecule has 2 aliphatic heterocycles. The zero-order chi connectivity index (χ0) is 18.4. The van der Waals surface area contributed by atoms with Gasteiger partial charge in [0.2, 0.25) is 5.91 Å². The first-order valence-electron chi connectivity index (χ1n) is 7.99. The molecule has 1 amide bonds. The molecule has 0 radical (unpaired) electrons. The number of aliphatic carboxylic acids is 1. The third-order valence-corrected chi connectivity index (χ3v) is 6.04. The normalized spacial score (nSPS) is 27.5. The Labute approximate surface area is 150 Å². The van der Waals surface area contributed by atoms with Gasteiger partial charge in [0.05, 0.1) is 0 Å². The van der Waals surface area contributed by atoms with Crippen molar-refractivity contribution in [2.45, 2.75) is 43.0 Å². The Kier molecular flexibility index (Phi) is 4.36. The van der Waals surface area contributed by atoms with Crippen LogP contribution in [-0.2, 0) is 9.59 Å². The number of thioether (sulfide) groups is 1. The Morgan fingerprint density at radius 3 is 2.52 bits per heavy atom. The number of carboxylic acid groups (broad SMARTS) is 1. The van der Waals surface area contributed by atoms with Crippen LogP contribution in [0, 0.1) is 0 Å². The van der Waals surface area contributed by atoms with E-state index in [2.05, 4.69) is 5.32 Å². The van der Waals surface area contributed by atoms with Crippen molar-refractivity contribution in [2.24, 2.45) is 0 Å². The number of ketones is 1. The van der Waals surface area contributed by atoms with Crippen LogP contribution in [0.2, 0.25) is 0 Å². The van der Waals surface area contributed by atoms with E-state index >= 15 is 0 Å². The lowest BCUT2D eigenvalue weighted by atomic mass is 9.96. The second kappa shape index (κ2) is 6.22. The van der Waals surface area contributed by atoms with E-state index in [1.54, 1.807) is 31.2 Å². The highest BCUT2D eigenvalue weighted by molar-refractivity contribution is 8.01. The number of carbonyl (C=O) groups excluding carboxylic acids is 2. The number of hydrogen-bond donors (Lipinski definition) is 2. The summed E-state index contributed by atoms with van der Waals surface area (Å²) >= 11 is 1.47. The second-order valence-electron chi connectivity index (χ2n) is 6.78. The molecule has 3 atom stereocenters. The van der Waals surface area contributed by atoms with Crippen LogP contribution in [0.25, 0.3) is 0 Å². The van der Waals surface area contributed by atoms with Crippen molar-refractivity contribution < 1.29 is 19.5 Å². The summed E-state index contributed by atoms with van der Waals surface area (Å²) < 4.78 is -0.555. The molecule has 2 aliphatic rings. The molecule has 132 valence electrons. The van der Waals surface area contributed by atoms with Crippen molar-refractivity contribution in [1.29, 1.82) is 0 Å². The lowest BCUT2D eigenvalue weighted by molar-refractivity contribution is -0.160. The van der Waals surface area contributed by atoms with Gasteiger partial charge in [-0.2, -0.15) is 0 Å². The van der Waals surface area contributed by atoms with Gasteiger partial charge in [0.15, 0.2) is 5.78 Å². The standard InChI is InChI=1S/C18H20N2O4S/c1-10(9-12(21)11-7-5-4-6-8-11)19-13-15(22)20-14(17(23)24)18(2,3)25-16(13)20/h4-9,13-14,16,19H,1-3H3,(H,23,24)/b10-9+/t13?,14-,16+/m0/s1. The molecule has 2 heterocycles. The Morgan fingerprint density at radius 2 is 1.92 bits per heavy atom. The van der Waals surface area contributed by atoms with E-state index in [9.17, 15) is 19.5 Å². The molecule has 2 saturated heterocycles. The van der Waals surface area contributed by atoms with Gasteiger partial charge in [0.1, 0.15) is 17.5 Å². The largest absolute Gasteiger partial charge is 0.480 e. The highest BCUT2D eigenvalue weighted by atomic mass is 32.2. The van der Waals surface area contributed by atoms with Gasteiger partial charge in [0.25, 0.3) is 0 Å². The number of allylic oxidation sites excluding steroid dienone is 2. The lowest BCUT2D eigenvalue weighted by Crippen LogP contribution is -2.69. The van der Waals surface area contributed by atoms with E-state index in [0.717, 1.165) is 0 Å². The second-order valence-corrected chi connectivity index (χ2v) is 8.55. The molecule has 0 aliphatic carbocycles. The summed E-state index contributed by atoms with van der Waals surface area (Å²) in [6, 6.07) is 7.55. The number of hydrogen-bond acceptors (Lipinski definition) is 5. The maximum atomic E-state index is 12.4. The Bertz CT molecular complexity index is 760. The molecule has 6 nitrogen and oxygen atoms in total. The summed E-state index contributed by atoms with van der Waals surface area (Å²) in [7, 11) is 0. The summed E-state index contributed by atoms with van der Waals surface area (Å²) in [5.41, 5.74) is 1.16. The van der Waals surface area contributed by atoms with Gasteiger partial charge in [-0.15, -0.1) is 11.8 Å². The fraction of sp³-hybridized carbons (Fsp3) is 0.389. The minimum Gasteiger partial charge on any atom is -0.480 e. The van der Waals surface area contributed by atoms with Crippen molar-refractivity contribution >= 4 is 29.4 Å². The highest BCUT2D eigenvalue weighted by Crippen LogP contribution is 2.50. The number of rotatable bonds is 5. The molecule has 25 heavy (non-hydrogen) atoms. The number of benzene rings is 1. The van der Waals surface area contributed by atoms with Crippen LogP contribution in [0.3, 0.4) is 0 Å². The quantitative estimate of drug-likeness (QED) is 0.474. The maximum absolute atomic E-state index is 12.4. The molecule has 7 heteroatoms. The van der Waals surface area contributed by atoms with Crippen molar-refractivity contribution in [3.63, 3.8) is 0 Å². The zero-order valence-electron chi connectivity index (χ0n) is 14.2. The average molecular weight is 360 g/mol. The first-order chi connectivity index (χ1) is 11.7. The molecule has 0 saturated carbocycles. The van der Waals surface area contributed by atoms with Crippen molar-refractivity contribution in [2.75, 3.05) is 0 Å². The first-order valence-corrected chi connectivity index (χ1v) is 8.87. The van der Waals surface area contributed by atoms with Crippen LogP contribution in [0.1, 0.15) is 31.1 Å². The van der Waals surface area contributed by atoms with Crippen LogP contribution < -0.4 is 5.32 Å². The smallest absolute Gasteiger partial charge is 0.327 e. The van der Waals surface area contributed by atoms with E-state index in [1.165, 1.54) is 22.7 Å². The molecule has 2 N–H and O–H groups in total. The van der Waals surface area contributed by atoms with Crippen molar-refractivity contribution in [3.8, 4) is 0 Å². The monoisotopic (exact) mass is 360 g/mol. The van der Waals surface area contributed by atoms with Gasteiger partial charge < -0.3 is 15.3 Å². The van der Waals surface area contributed by atoms with Crippen LogP contribution in [0.5, 0.6) is 0 Å². The number of β-lactam (4-membered cyclic amide) rings is 1. The van der Waals surface area contributed by atoms with E-state index in [0.29, 0.717) is 11.3 Å². The Balaban J connectivity index is 1.71. The van der Waals surface area contributed by atoms with E-state index in [-0.39, 0.29) is 17.1 Å². The van der Waals surface area contributed by atoms with Crippen LogP contribution in [-0.4, -0.2) is 49.9 Å². The summed E-state index contributed by atoms with van der Waals surface area (Å²) in [5, 5.41) is 12.3. The topological polar surface area (TPSA) is 86.7 Å². The number of amides is 1. The number of nitrogens with one attached hydrogen (secondary N) is 1. The number of carbonyl (C=O) groups is 3. The Morgan fingerprint density at radius 1 is 1.28 bits per heavy atom. The summed E-state index contributed by atoms with van der Waals surface area (Å²) in [6.45, 7) is 5.40. The number of nitrogens with zero attached hydrogens (tertiary/aromatic N) is 1. The molecular formula is C18H20N2O4S.